The minimum absolute atomic E-state index is 0.146. The van der Waals surface area contributed by atoms with Crippen molar-refractivity contribution in [2.75, 3.05) is 38.2 Å². The Bertz CT molecular complexity index is 259. The van der Waals surface area contributed by atoms with Crippen LogP contribution in [0.15, 0.2) is 0 Å². The number of halogens is 1. The molecule has 0 spiro atoms. The van der Waals surface area contributed by atoms with Crippen molar-refractivity contribution in [3.63, 3.8) is 0 Å². The van der Waals surface area contributed by atoms with Crippen LogP contribution >= 0.6 is 15.9 Å². The van der Waals surface area contributed by atoms with Crippen LogP contribution in [0, 0.1) is 5.41 Å². The molecule has 1 saturated carbocycles. The first-order chi connectivity index (χ1) is 9.78. The van der Waals surface area contributed by atoms with Gasteiger partial charge in [0.15, 0.2) is 0 Å². The Morgan fingerprint density at radius 2 is 1.75 bits per heavy atom. The zero-order valence-electron chi connectivity index (χ0n) is 12.7. The maximum absolute atomic E-state index is 8.82. The minimum atomic E-state index is 0.146. The van der Waals surface area contributed by atoms with Crippen LogP contribution in [0.25, 0.3) is 0 Å². The van der Waals surface area contributed by atoms with E-state index in [0.29, 0.717) is 18.1 Å². The maximum Gasteiger partial charge on any atom is 0.0701 e. The lowest BCUT2D eigenvalue weighted by Crippen LogP contribution is -2.44. The van der Waals surface area contributed by atoms with Gasteiger partial charge >= 0.3 is 0 Å². The van der Waals surface area contributed by atoms with Crippen LogP contribution < -0.4 is 0 Å². The SMILES string of the molecule is OCCOC1CCN(CC2(CBr)CCCCCC2)CC1. The van der Waals surface area contributed by atoms with E-state index in [1.165, 1.54) is 45.1 Å². The zero-order chi connectivity index (χ0) is 14.3. The van der Waals surface area contributed by atoms with E-state index in [1.54, 1.807) is 0 Å². The predicted octanol–water partition coefficient (Wildman–Crippen LogP) is 3.20. The molecule has 118 valence electrons. The van der Waals surface area contributed by atoms with Crippen molar-refractivity contribution >= 4 is 15.9 Å². The molecule has 2 fully saturated rings. The van der Waals surface area contributed by atoms with Gasteiger partial charge in [0.1, 0.15) is 0 Å². The highest BCUT2D eigenvalue weighted by Gasteiger charge is 2.33. The van der Waals surface area contributed by atoms with Crippen LogP contribution in [-0.4, -0.2) is 54.3 Å². The van der Waals surface area contributed by atoms with E-state index in [1.807, 2.05) is 0 Å². The Hall–Kier alpha value is 0.360. The lowest BCUT2D eigenvalue weighted by molar-refractivity contribution is -0.0144. The van der Waals surface area contributed by atoms with Crippen molar-refractivity contribution in [1.82, 2.24) is 4.90 Å². The van der Waals surface area contributed by atoms with Crippen molar-refractivity contribution in [2.45, 2.75) is 57.5 Å². The quantitative estimate of drug-likeness (QED) is 0.591. The summed E-state index contributed by atoms with van der Waals surface area (Å²) in [6.07, 6.45) is 11.0. The first-order valence-corrected chi connectivity index (χ1v) is 9.41. The normalized spacial score (nSPS) is 25.5. The van der Waals surface area contributed by atoms with Crippen LogP contribution in [0.1, 0.15) is 51.4 Å². The van der Waals surface area contributed by atoms with Gasteiger partial charge in [0.25, 0.3) is 0 Å². The van der Waals surface area contributed by atoms with Crippen molar-refractivity contribution in [3.05, 3.63) is 0 Å². The Morgan fingerprint density at radius 1 is 1.10 bits per heavy atom. The highest BCUT2D eigenvalue weighted by Crippen LogP contribution is 2.38. The highest BCUT2D eigenvalue weighted by atomic mass is 79.9. The number of hydrogen-bond acceptors (Lipinski definition) is 3. The number of likely N-dealkylation sites (tertiary alicyclic amines) is 1. The molecule has 4 heteroatoms. The van der Waals surface area contributed by atoms with Gasteiger partial charge in [-0.1, -0.05) is 41.6 Å². The molecule has 0 aromatic carbocycles. The molecule has 0 amide bonds. The molecule has 3 nitrogen and oxygen atoms in total. The summed E-state index contributed by atoms with van der Waals surface area (Å²) < 4.78 is 5.66. The molecule has 0 aromatic heterocycles. The van der Waals surface area contributed by atoms with E-state index in [9.17, 15) is 0 Å². The summed E-state index contributed by atoms with van der Waals surface area (Å²) in [4.78, 5) is 2.64. The fourth-order valence-electron chi connectivity index (χ4n) is 3.74. The molecule has 1 saturated heterocycles. The van der Waals surface area contributed by atoms with E-state index < -0.39 is 0 Å². The Balaban J connectivity index is 1.78. The van der Waals surface area contributed by atoms with Crippen LogP contribution in [0.4, 0.5) is 0 Å². The molecule has 20 heavy (non-hydrogen) atoms. The summed E-state index contributed by atoms with van der Waals surface area (Å²) in [6, 6.07) is 0. The van der Waals surface area contributed by atoms with Crippen molar-refractivity contribution in [3.8, 4) is 0 Å². The summed E-state index contributed by atoms with van der Waals surface area (Å²) in [5, 5.41) is 9.97. The number of alkyl halides is 1. The summed E-state index contributed by atoms with van der Waals surface area (Å²) >= 11 is 3.80. The molecule has 0 atom stereocenters. The van der Waals surface area contributed by atoms with E-state index >= 15 is 0 Å². The standard InChI is InChI=1S/C16H30BrNO2/c17-13-16(7-3-1-2-4-8-16)14-18-9-5-15(6-10-18)20-12-11-19/h15,19H,1-14H2. The van der Waals surface area contributed by atoms with Gasteiger partial charge in [0, 0.05) is 25.0 Å². The molecule has 0 unspecified atom stereocenters. The first-order valence-electron chi connectivity index (χ1n) is 8.29. The Labute approximate surface area is 132 Å². The van der Waals surface area contributed by atoms with Crippen LogP contribution in [-0.2, 0) is 4.74 Å². The molecule has 1 aliphatic carbocycles. The number of piperidine rings is 1. The number of hydrogen-bond donors (Lipinski definition) is 1. The second-order valence-corrected chi connectivity index (χ2v) is 7.18. The monoisotopic (exact) mass is 347 g/mol. The van der Waals surface area contributed by atoms with Crippen LogP contribution in [0.2, 0.25) is 0 Å². The Kier molecular flexibility index (Phi) is 7.29. The second kappa shape index (κ2) is 8.72. The van der Waals surface area contributed by atoms with E-state index in [-0.39, 0.29) is 6.61 Å². The van der Waals surface area contributed by atoms with Crippen LogP contribution in [0.3, 0.4) is 0 Å². The molecule has 1 aliphatic heterocycles. The third kappa shape index (κ3) is 4.97. The van der Waals surface area contributed by atoms with Crippen LogP contribution in [0.5, 0.6) is 0 Å². The van der Waals surface area contributed by atoms with E-state index in [4.69, 9.17) is 9.84 Å². The summed E-state index contributed by atoms with van der Waals surface area (Å²) in [6.45, 7) is 4.21. The molecular formula is C16H30BrNO2. The van der Waals surface area contributed by atoms with Gasteiger partial charge in [-0.15, -0.1) is 0 Å². The highest BCUT2D eigenvalue weighted by molar-refractivity contribution is 9.09. The third-order valence-corrected chi connectivity index (χ3v) is 6.18. The van der Waals surface area contributed by atoms with Gasteiger partial charge in [-0.05, 0) is 31.1 Å². The number of aliphatic hydroxyl groups is 1. The lowest BCUT2D eigenvalue weighted by atomic mass is 9.81. The maximum atomic E-state index is 8.82. The van der Waals surface area contributed by atoms with Crippen molar-refractivity contribution < 1.29 is 9.84 Å². The molecule has 0 radical (unpaired) electrons. The molecule has 0 bridgehead atoms. The van der Waals surface area contributed by atoms with Gasteiger partial charge in [-0.25, -0.2) is 0 Å². The fraction of sp³-hybridized carbons (Fsp3) is 1.00. The first kappa shape index (κ1) is 16.7. The van der Waals surface area contributed by atoms with E-state index in [2.05, 4.69) is 20.8 Å². The predicted molar refractivity (Wildman–Crippen MR) is 86.4 cm³/mol. The number of aliphatic hydroxyl groups excluding tert-OH is 1. The molecular weight excluding hydrogens is 318 g/mol. The average Bonchev–Trinajstić information content (AvgIpc) is 2.73. The summed E-state index contributed by atoms with van der Waals surface area (Å²) in [5.41, 5.74) is 0.509. The summed E-state index contributed by atoms with van der Waals surface area (Å²) in [5.74, 6) is 0. The molecule has 1 heterocycles. The minimum Gasteiger partial charge on any atom is -0.394 e. The van der Waals surface area contributed by atoms with Crippen molar-refractivity contribution in [2.24, 2.45) is 5.41 Å². The largest absolute Gasteiger partial charge is 0.394 e. The average molecular weight is 348 g/mol. The molecule has 1 N–H and O–H groups in total. The molecule has 0 aromatic rings. The van der Waals surface area contributed by atoms with Crippen molar-refractivity contribution in [1.29, 1.82) is 0 Å². The van der Waals surface area contributed by atoms with E-state index in [0.717, 1.165) is 31.3 Å². The van der Waals surface area contributed by atoms with Gasteiger partial charge in [0.2, 0.25) is 0 Å². The third-order valence-electron chi connectivity index (χ3n) is 4.99. The number of ether oxygens (including phenoxy) is 1. The summed E-state index contributed by atoms with van der Waals surface area (Å²) in [7, 11) is 0. The molecule has 2 aliphatic rings. The Morgan fingerprint density at radius 3 is 2.30 bits per heavy atom. The van der Waals surface area contributed by atoms with Gasteiger partial charge in [-0.3, -0.25) is 0 Å². The van der Waals surface area contributed by atoms with Gasteiger partial charge in [0.05, 0.1) is 19.3 Å². The van der Waals surface area contributed by atoms with Gasteiger partial charge in [-0.2, -0.15) is 0 Å². The molecule has 2 rings (SSSR count). The number of nitrogens with zero attached hydrogens (tertiary/aromatic N) is 1. The second-order valence-electron chi connectivity index (χ2n) is 6.62. The number of rotatable bonds is 6. The lowest BCUT2D eigenvalue weighted by Gasteiger charge is -2.40. The smallest absolute Gasteiger partial charge is 0.0701 e. The zero-order valence-corrected chi connectivity index (χ0v) is 14.2. The van der Waals surface area contributed by atoms with Gasteiger partial charge < -0.3 is 14.7 Å². The topological polar surface area (TPSA) is 32.7 Å². The fourth-order valence-corrected chi connectivity index (χ4v) is 4.48.